The first-order chi connectivity index (χ1) is 13.0. The van der Waals surface area contributed by atoms with Crippen LogP contribution in [0.4, 0.5) is 0 Å². The molecule has 0 fully saturated rings. The molecule has 0 heterocycles. The number of aryl methyl sites for hydroxylation is 4. The van der Waals surface area contributed by atoms with Crippen LogP contribution in [-0.2, 0) is 22.4 Å². The number of nitrogens with one attached hydrogen (secondary N) is 2. The van der Waals surface area contributed by atoms with Crippen LogP contribution in [0.5, 0.6) is 11.5 Å². The summed E-state index contributed by atoms with van der Waals surface area (Å²) in [6.45, 7) is 3.51. The summed E-state index contributed by atoms with van der Waals surface area (Å²) in [5.74, 6) is 0.434. The van der Waals surface area contributed by atoms with E-state index in [0.29, 0.717) is 11.5 Å². The molecule has 1 aliphatic rings. The summed E-state index contributed by atoms with van der Waals surface area (Å²) in [6.07, 6.45) is 3.32. The summed E-state index contributed by atoms with van der Waals surface area (Å²) in [5, 5.41) is 0. The SMILES string of the molecule is Cc1ccc(C)c(OCC(=O)NNC(=O)COc2ccc3c(c2)CCC3)c1. The van der Waals surface area contributed by atoms with Crippen LogP contribution in [0.3, 0.4) is 0 Å². The number of rotatable bonds is 6. The third-order valence-corrected chi connectivity index (χ3v) is 4.48. The fourth-order valence-corrected chi connectivity index (χ4v) is 3.00. The Hall–Kier alpha value is -3.02. The number of fused-ring (bicyclic) bond motifs is 1. The van der Waals surface area contributed by atoms with Gasteiger partial charge < -0.3 is 9.47 Å². The molecule has 27 heavy (non-hydrogen) atoms. The highest BCUT2D eigenvalue weighted by molar-refractivity contribution is 5.83. The van der Waals surface area contributed by atoms with E-state index in [9.17, 15) is 9.59 Å². The minimum atomic E-state index is -0.443. The first-order valence-electron chi connectivity index (χ1n) is 9.03. The van der Waals surface area contributed by atoms with Crippen molar-refractivity contribution in [3.8, 4) is 11.5 Å². The molecule has 3 rings (SSSR count). The lowest BCUT2D eigenvalue weighted by molar-refractivity contribution is -0.131. The van der Waals surface area contributed by atoms with Crippen molar-refractivity contribution in [2.45, 2.75) is 33.1 Å². The van der Waals surface area contributed by atoms with Gasteiger partial charge in [0.2, 0.25) is 0 Å². The van der Waals surface area contributed by atoms with Gasteiger partial charge in [0.15, 0.2) is 13.2 Å². The second-order valence-electron chi connectivity index (χ2n) is 6.73. The van der Waals surface area contributed by atoms with Gasteiger partial charge in [-0.25, -0.2) is 0 Å². The second-order valence-corrected chi connectivity index (χ2v) is 6.73. The average molecular weight is 368 g/mol. The fourth-order valence-electron chi connectivity index (χ4n) is 3.00. The lowest BCUT2D eigenvalue weighted by Crippen LogP contribution is -2.45. The van der Waals surface area contributed by atoms with Crippen LogP contribution >= 0.6 is 0 Å². The van der Waals surface area contributed by atoms with Gasteiger partial charge in [0.25, 0.3) is 11.8 Å². The minimum absolute atomic E-state index is 0.170. The molecule has 0 aliphatic heterocycles. The van der Waals surface area contributed by atoms with Gasteiger partial charge in [0, 0.05) is 0 Å². The molecule has 6 heteroatoms. The van der Waals surface area contributed by atoms with E-state index < -0.39 is 11.8 Å². The molecule has 2 aromatic carbocycles. The lowest BCUT2D eigenvalue weighted by atomic mass is 10.1. The smallest absolute Gasteiger partial charge is 0.276 e. The summed E-state index contributed by atoms with van der Waals surface area (Å²) in [7, 11) is 0. The zero-order valence-electron chi connectivity index (χ0n) is 15.6. The summed E-state index contributed by atoms with van der Waals surface area (Å²) in [4.78, 5) is 23.7. The highest BCUT2D eigenvalue weighted by Crippen LogP contribution is 2.25. The Morgan fingerprint density at radius 1 is 0.889 bits per heavy atom. The van der Waals surface area contributed by atoms with Crippen LogP contribution in [0.25, 0.3) is 0 Å². The van der Waals surface area contributed by atoms with Gasteiger partial charge in [0.1, 0.15) is 11.5 Å². The lowest BCUT2D eigenvalue weighted by Gasteiger charge is -2.11. The van der Waals surface area contributed by atoms with E-state index in [-0.39, 0.29) is 13.2 Å². The van der Waals surface area contributed by atoms with E-state index in [0.717, 1.165) is 30.4 Å². The van der Waals surface area contributed by atoms with Gasteiger partial charge in [-0.3, -0.25) is 20.4 Å². The van der Waals surface area contributed by atoms with E-state index in [1.807, 2.05) is 50.2 Å². The number of hydrogen-bond donors (Lipinski definition) is 2. The molecule has 0 atom stereocenters. The maximum absolute atomic E-state index is 11.8. The Morgan fingerprint density at radius 3 is 2.37 bits per heavy atom. The number of amides is 2. The number of hydrazine groups is 1. The molecule has 2 N–H and O–H groups in total. The van der Waals surface area contributed by atoms with Crippen LogP contribution < -0.4 is 20.3 Å². The van der Waals surface area contributed by atoms with Crippen molar-refractivity contribution in [2.24, 2.45) is 0 Å². The van der Waals surface area contributed by atoms with Crippen LogP contribution in [0.1, 0.15) is 28.7 Å². The Morgan fingerprint density at radius 2 is 1.59 bits per heavy atom. The van der Waals surface area contributed by atoms with Crippen LogP contribution in [0.2, 0.25) is 0 Å². The molecular weight excluding hydrogens is 344 g/mol. The second kappa shape index (κ2) is 8.58. The summed E-state index contributed by atoms with van der Waals surface area (Å²) in [5.41, 5.74) is 9.27. The number of benzene rings is 2. The predicted molar refractivity (Wildman–Crippen MR) is 102 cm³/mol. The van der Waals surface area contributed by atoms with Crippen molar-refractivity contribution in [1.29, 1.82) is 0 Å². The van der Waals surface area contributed by atoms with Gasteiger partial charge in [-0.2, -0.15) is 0 Å². The molecule has 0 bridgehead atoms. The predicted octanol–water partition coefficient (Wildman–Crippen LogP) is 2.40. The number of hydrogen-bond acceptors (Lipinski definition) is 4. The van der Waals surface area contributed by atoms with Gasteiger partial charge in [-0.05, 0) is 73.6 Å². The quantitative estimate of drug-likeness (QED) is 0.768. The van der Waals surface area contributed by atoms with E-state index in [1.165, 1.54) is 11.1 Å². The normalized spacial score (nSPS) is 12.2. The van der Waals surface area contributed by atoms with Crippen LogP contribution in [0, 0.1) is 13.8 Å². The Labute approximate surface area is 158 Å². The molecule has 0 unspecified atom stereocenters. The molecule has 0 radical (unpaired) electrons. The topological polar surface area (TPSA) is 76.7 Å². The first kappa shape index (κ1) is 18.8. The van der Waals surface area contributed by atoms with Crippen LogP contribution in [0.15, 0.2) is 36.4 Å². The minimum Gasteiger partial charge on any atom is -0.484 e. The monoisotopic (exact) mass is 368 g/mol. The molecule has 6 nitrogen and oxygen atoms in total. The van der Waals surface area contributed by atoms with Gasteiger partial charge in [-0.1, -0.05) is 18.2 Å². The van der Waals surface area contributed by atoms with E-state index in [2.05, 4.69) is 10.9 Å². The molecule has 0 saturated carbocycles. The largest absolute Gasteiger partial charge is 0.484 e. The molecular formula is C21H24N2O4. The zero-order chi connectivity index (χ0) is 19.2. The number of ether oxygens (including phenoxy) is 2. The van der Waals surface area contributed by atoms with E-state index in [1.54, 1.807) is 0 Å². The Kier molecular flexibility index (Phi) is 5.96. The molecule has 0 saturated heterocycles. The van der Waals surface area contributed by atoms with Crippen molar-refractivity contribution >= 4 is 11.8 Å². The van der Waals surface area contributed by atoms with Crippen molar-refractivity contribution in [2.75, 3.05) is 13.2 Å². The van der Waals surface area contributed by atoms with Crippen molar-refractivity contribution in [1.82, 2.24) is 10.9 Å². The third kappa shape index (κ3) is 5.23. The van der Waals surface area contributed by atoms with Crippen molar-refractivity contribution in [3.63, 3.8) is 0 Å². The summed E-state index contributed by atoms with van der Waals surface area (Å²) >= 11 is 0. The molecule has 0 spiro atoms. The summed E-state index contributed by atoms with van der Waals surface area (Å²) in [6, 6.07) is 11.7. The van der Waals surface area contributed by atoms with Gasteiger partial charge in [0.05, 0.1) is 0 Å². The van der Waals surface area contributed by atoms with E-state index >= 15 is 0 Å². The third-order valence-electron chi connectivity index (χ3n) is 4.48. The molecule has 0 aromatic heterocycles. The molecule has 1 aliphatic carbocycles. The Bertz CT molecular complexity index is 848. The van der Waals surface area contributed by atoms with Crippen molar-refractivity contribution in [3.05, 3.63) is 58.7 Å². The van der Waals surface area contributed by atoms with Crippen LogP contribution in [-0.4, -0.2) is 25.0 Å². The average Bonchev–Trinajstić information content (AvgIpc) is 3.13. The number of carbonyl (C=O) groups is 2. The molecule has 142 valence electrons. The van der Waals surface area contributed by atoms with E-state index in [4.69, 9.17) is 9.47 Å². The standard InChI is InChI=1S/C21H24N2O4/c1-14-6-7-15(2)19(10-14)27-13-21(25)23-22-20(24)12-26-18-9-8-16-4-3-5-17(16)11-18/h6-11H,3-5,12-13H2,1-2H3,(H,22,24)(H,23,25). The highest BCUT2D eigenvalue weighted by Gasteiger charge is 2.12. The molecule has 2 amide bonds. The Balaban J connectivity index is 1.38. The maximum Gasteiger partial charge on any atom is 0.276 e. The van der Waals surface area contributed by atoms with Crippen molar-refractivity contribution < 1.29 is 19.1 Å². The zero-order valence-corrected chi connectivity index (χ0v) is 15.6. The molecule has 2 aromatic rings. The fraction of sp³-hybridized carbons (Fsp3) is 0.333. The van der Waals surface area contributed by atoms with Gasteiger partial charge >= 0.3 is 0 Å². The maximum atomic E-state index is 11.8. The van der Waals surface area contributed by atoms with Gasteiger partial charge in [-0.15, -0.1) is 0 Å². The highest BCUT2D eigenvalue weighted by atomic mass is 16.5. The summed E-state index contributed by atoms with van der Waals surface area (Å²) < 4.78 is 11.0. The number of carbonyl (C=O) groups excluding carboxylic acids is 2. The first-order valence-corrected chi connectivity index (χ1v) is 9.03.